The van der Waals surface area contributed by atoms with Gasteiger partial charge in [0.2, 0.25) is 5.78 Å². The number of thioether (sulfide) groups is 1. The number of hydrogen-bond acceptors (Lipinski definition) is 4. The van der Waals surface area contributed by atoms with Crippen molar-refractivity contribution in [2.45, 2.75) is 0 Å². The SMILES string of the molecule is CN(C)/C=C(\SC#N)C(=O)c1ccc(Cl)c(Cl)c1. The number of benzene rings is 1. The first-order valence-electron chi connectivity index (χ1n) is 4.89. The van der Waals surface area contributed by atoms with Gasteiger partial charge in [0.1, 0.15) is 5.40 Å². The van der Waals surface area contributed by atoms with Crippen LogP contribution in [0, 0.1) is 10.7 Å². The average Bonchev–Trinajstić information content (AvgIpc) is 2.31. The number of nitriles is 1. The number of hydrogen-bond donors (Lipinski definition) is 0. The second kappa shape index (κ2) is 6.69. The molecular weight excluding hydrogens is 291 g/mol. The van der Waals surface area contributed by atoms with Gasteiger partial charge in [-0.05, 0) is 30.0 Å². The molecule has 1 rings (SSSR count). The molecule has 1 aromatic rings. The smallest absolute Gasteiger partial charge is 0.201 e. The van der Waals surface area contributed by atoms with Gasteiger partial charge in [-0.3, -0.25) is 4.79 Å². The van der Waals surface area contributed by atoms with Crippen molar-refractivity contribution in [2.24, 2.45) is 0 Å². The molecule has 0 aromatic heterocycles. The van der Waals surface area contributed by atoms with Crippen LogP contribution in [0.25, 0.3) is 0 Å². The summed E-state index contributed by atoms with van der Waals surface area (Å²) in [7, 11) is 3.56. The molecule has 0 atom stereocenters. The van der Waals surface area contributed by atoms with Crippen molar-refractivity contribution in [3.63, 3.8) is 0 Å². The van der Waals surface area contributed by atoms with Gasteiger partial charge in [-0.1, -0.05) is 23.2 Å². The molecule has 0 radical (unpaired) electrons. The standard InChI is InChI=1S/C12H10Cl2N2OS/c1-16(2)6-11(18-7-15)12(17)8-3-4-9(13)10(14)5-8/h3-6H,1-2H3/b11-6-. The quantitative estimate of drug-likeness (QED) is 0.482. The fourth-order valence-corrected chi connectivity index (χ4v) is 2.07. The number of allylic oxidation sites excluding steroid dienone is 1. The van der Waals surface area contributed by atoms with Crippen LogP contribution in [0.3, 0.4) is 0 Å². The Bertz CT molecular complexity index is 535. The van der Waals surface area contributed by atoms with Crippen LogP contribution in [0.2, 0.25) is 10.0 Å². The van der Waals surface area contributed by atoms with Crippen LogP contribution in [0.5, 0.6) is 0 Å². The van der Waals surface area contributed by atoms with Crippen LogP contribution < -0.4 is 0 Å². The Morgan fingerprint density at radius 1 is 1.39 bits per heavy atom. The van der Waals surface area contributed by atoms with Crippen molar-refractivity contribution in [3.8, 4) is 5.40 Å². The van der Waals surface area contributed by atoms with E-state index in [-0.39, 0.29) is 5.78 Å². The molecule has 0 bridgehead atoms. The highest BCUT2D eigenvalue weighted by molar-refractivity contribution is 8.08. The minimum absolute atomic E-state index is 0.256. The lowest BCUT2D eigenvalue weighted by atomic mass is 10.1. The molecule has 0 unspecified atom stereocenters. The zero-order chi connectivity index (χ0) is 13.7. The number of carbonyl (C=O) groups excluding carboxylic acids is 1. The lowest BCUT2D eigenvalue weighted by molar-refractivity contribution is 0.104. The Balaban J connectivity index is 3.10. The summed E-state index contributed by atoms with van der Waals surface area (Å²) in [5, 5.41) is 11.3. The molecule has 0 heterocycles. The highest BCUT2D eigenvalue weighted by Crippen LogP contribution is 2.26. The molecular formula is C12H10Cl2N2OS. The summed E-state index contributed by atoms with van der Waals surface area (Å²) in [6, 6.07) is 4.63. The van der Waals surface area contributed by atoms with Crippen LogP contribution in [-0.2, 0) is 0 Å². The predicted molar refractivity (Wildman–Crippen MR) is 75.8 cm³/mol. The molecule has 1 aromatic carbocycles. The third-order valence-electron chi connectivity index (χ3n) is 1.94. The van der Waals surface area contributed by atoms with Gasteiger partial charge in [-0.15, -0.1) is 0 Å². The molecule has 3 nitrogen and oxygen atoms in total. The van der Waals surface area contributed by atoms with E-state index in [4.69, 9.17) is 28.5 Å². The van der Waals surface area contributed by atoms with Crippen molar-refractivity contribution in [1.82, 2.24) is 4.90 Å². The Morgan fingerprint density at radius 3 is 2.56 bits per heavy atom. The predicted octanol–water partition coefficient (Wildman–Crippen LogP) is 3.79. The number of nitrogens with zero attached hydrogens (tertiary/aromatic N) is 2. The van der Waals surface area contributed by atoms with E-state index in [2.05, 4.69) is 0 Å². The number of thiocyanates is 1. The van der Waals surface area contributed by atoms with Gasteiger partial charge in [-0.2, -0.15) is 5.26 Å². The number of carbonyl (C=O) groups is 1. The Hall–Kier alpha value is -1.15. The van der Waals surface area contributed by atoms with E-state index in [9.17, 15) is 4.79 Å². The second-order valence-electron chi connectivity index (χ2n) is 3.61. The summed E-state index contributed by atoms with van der Waals surface area (Å²) in [4.78, 5) is 14.2. The van der Waals surface area contributed by atoms with E-state index >= 15 is 0 Å². The van der Waals surface area contributed by atoms with Gasteiger partial charge in [0.25, 0.3) is 0 Å². The van der Waals surface area contributed by atoms with Crippen LogP contribution in [-0.4, -0.2) is 24.8 Å². The summed E-state index contributed by atoms with van der Waals surface area (Å²) < 4.78 is 0. The van der Waals surface area contributed by atoms with Gasteiger partial charge >= 0.3 is 0 Å². The highest BCUT2D eigenvalue weighted by Gasteiger charge is 2.14. The minimum Gasteiger partial charge on any atom is -0.382 e. The average molecular weight is 301 g/mol. The molecule has 18 heavy (non-hydrogen) atoms. The first-order valence-corrected chi connectivity index (χ1v) is 6.47. The number of halogens is 2. The highest BCUT2D eigenvalue weighted by atomic mass is 35.5. The van der Waals surface area contributed by atoms with Crippen molar-refractivity contribution in [3.05, 3.63) is 44.9 Å². The molecule has 0 N–H and O–H groups in total. The van der Waals surface area contributed by atoms with E-state index in [1.54, 1.807) is 37.3 Å². The van der Waals surface area contributed by atoms with Gasteiger partial charge in [-0.25, -0.2) is 0 Å². The number of Topliss-reactive ketones (excluding diaryl/α,β-unsaturated/α-hetero) is 1. The van der Waals surface area contributed by atoms with Gasteiger partial charge < -0.3 is 4.90 Å². The van der Waals surface area contributed by atoms with Crippen molar-refractivity contribution >= 4 is 40.7 Å². The van der Waals surface area contributed by atoms with Crippen LogP contribution >= 0.6 is 35.0 Å². The van der Waals surface area contributed by atoms with Crippen molar-refractivity contribution in [1.29, 1.82) is 5.26 Å². The fourth-order valence-electron chi connectivity index (χ4n) is 1.19. The molecule has 94 valence electrons. The summed E-state index contributed by atoms with van der Waals surface area (Å²) in [5.74, 6) is -0.256. The van der Waals surface area contributed by atoms with Gasteiger partial charge in [0.05, 0.1) is 15.0 Å². The van der Waals surface area contributed by atoms with E-state index in [1.165, 1.54) is 6.07 Å². The molecule has 0 aliphatic carbocycles. The second-order valence-corrected chi connectivity index (χ2v) is 5.25. The number of ketones is 1. The largest absolute Gasteiger partial charge is 0.382 e. The minimum atomic E-state index is -0.256. The maximum atomic E-state index is 12.2. The molecule has 0 aliphatic rings. The Labute approximate surface area is 120 Å². The summed E-state index contributed by atoms with van der Waals surface area (Å²) in [6.07, 6.45) is 1.60. The molecule has 0 amide bonds. The summed E-state index contributed by atoms with van der Waals surface area (Å²) >= 11 is 12.5. The maximum absolute atomic E-state index is 12.2. The zero-order valence-electron chi connectivity index (χ0n) is 9.78. The third kappa shape index (κ3) is 3.95. The molecule has 0 fully saturated rings. The maximum Gasteiger partial charge on any atom is 0.201 e. The fraction of sp³-hybridized carbons (Fsp3) is 0.167. The van der Waals surface area contributed by atoms with Crippen LogP contribution in [0.1, 0.15) is 10.4 Å². The normalized spacial score (nSPS) is 10.9. The van der Waals surface area contributed by atoms with Gasteiger partial charge in [0.15, 0.2) is 0 Å². The van der Waals surface area contributed by atoms with Gasteiger partial charge in [0, 0.05) is 25.9 Å². The van der Waals surface area contributed by atoms with Crippen LogP contribution in [0.15, 0.2) is 29.3 Å². The topological polar surface area (TPSA) is 44.1 Å². The first-order chi connectivity index (χ1) is 8.45. The lowest BCUT2D eigenvalue weighted by Gasteiger charge is -2.08. The van der Waals surface area contributed by atoms with Crippen molar-refractivity contribution < 1.29 is 4.79 Å². The molecule has 0 aliphatic heterocycles. The zero-order valence-corrected chi connectivity index (χ0v) is 12.1. The molecule has 6 heteroatoms. The van der Waals surface area contributed by atoms with E-state index in [0.29, 0.717) is 20.5 Å². The van der Waals surface area contributed by atoms with E-state index < -0.39 is 0 Å². The van der Waals surface area contributed by atoms with E-state index in [0.717, 1.165) is 11.8 Å². The Morgan fingerprint density at radius 2 is 2.06 bits per heavy atom. The molecule has 0 spiro atoms. The Kier molecular flexibility index (Phi) is 5.54. The first kappa shape index (κ1) is 14.9. The van der Waals surface area contributed by atoms with E-state index in [1.807, 2.05) is 5.40 Å². The van der Waals surface area contributed by atoms with Crippen molar-refractivity contribution in [2.75, 3.05) is 14.1 Å². The lowest BCUT2D eigenvalue weighted by Crippen LogP contribution is -2.07. The molecule has 0 saturated heterocycles. The third-order valence-corrected chi connectivity index (χ3v) is 3.28. The summed E-state index contributed by atoms with van der Waals surface area (Å²) in [6.45, 7) is 0. The monoisotopic (exact) mass is 300 g/mol. The number of rotatable bonds is 4. The molecule has 0 saturated carbocycles. The van der Waals surface area contributed by atoms with Crippen LogP contribution in [0.4, 0.5) is 0 Å². The summed E-state index contributed by atoms with van der Waals surface area (Å²) in [5.41, 5.74) is 0.403.